The van der Waals surface area contributed by atoms with Crippen molar-refractivity contribution in [3.63, 3.8) is 0 Å². The summed E-state index contributed by atoms with van der Waals surface area (Å²) in [6.07, 6.45) is -0.931. The quantitative estimate of drug-likeness (QED) is 0.703. The summed E-state index contributed by atoms with van der Waals surface area (Å²) in [6, 6.07) is 5.28. The number of aliphatic hydroxyl groups excluding tert-OH is 1. The molecule has 4 heteroatoms. The van der Waals surface area contributed by atoms with Crippen LogP contribution in [0, 0.1) is 12.4 Å². The van der Waals surface area contributed by atoms with Gasteiger partial charge < -0.3 is 10.8 Å². The van der Waals surface area contributed by atoms with Gasteiger partial charge in [0.1, 0.15) is 11.9 Å². The van der Waals surface area contributed by atoms with Gasteiger partial charge in [0.15, 0.2) is 0 Å². The van der Waals surface area contributed by atoms with Crippen molar-refractivity contribution in [2.75, 3.05) is 0 Å². The molecule has 0 amide bonds. The summed E-state index contributed by atoms with van der Waals surface area (Å²) in [6.45, 7) is 6.57. The molecule has 0 fully saturated rings. The first-order valence-corrected chi connectivity index (χ1v) is 4.18. The van der Waals surface area contributed by atoms with Gasteiger partial charge in [-0.3, -0.25) is 4.85 Å². The van der Waals surface area contributed by atoms with E-state index in [1.807, 2.05) is 0 Å². The number of hydrogen-bond acceptors (Lipinski definition) is 2. The van der Waals surface area contributed by atoms with Gasteiger partial charge in [0.25, 0.3) is 0 Å². The van der Waals surface area contributed by atoms with Gasteiger partial charge in [-0.15, -0.1) is 0 Å². The van der Waals surface area contributed by atoms with Crippen LogP contribution in [0.4, 0.5) is 4.39 Å². The molecule has 0 aliphatic rings. The van der Waals surface area contributed by atoms with Gasteiger partial charge >= 0.3 is 6.23 Å². The molecule has 2 unspecified atom stereocenters. The summed E-state index contributed by atoms with van der Waals surface area (Å²) in [5, 5.41) is 9.08. The van der Waals surface area contributed by atoms with Gasteiger partial charge in [-0.05, 0) is 24.1 Å². The van der Waals surface area contributed by atoms with Gasteiger partial charge in [-0.25, -0.2) is 11.0 Å². The normalized spacial score (nSPS) is 14.4. The zero-order valence-electron chi connectivity index (χ0n) is 7.52. The number of rotatable bonds is 3. The van der Waals surface area contributed by atoms with Crippen LogP contribution in [0.1, 0.15) is 5.56 Å². The van der Waals surface area contributed by atoms with E-state index in [0.29, 0.717) is 12.0 Å². The average molecular weight is 194 g/mol. The van der Waals surface area contributed by atoms with E-state index >= 15 is 0 Å². The highest BCUT2D eigenvalue weighted by Gasteiger charge is 2.18. The van der Waals surface area contributed by atoms with Crippen LogP contribution < -0.4 is 5.73 Å². The highest BCUT2D eigenvalue weighted by Crippen LogP contribution is 2.07. The first kappa shape index (κ1) is 10.6. The Morgan fingerprint density at radius 2 is 2.29 bits per heavy atom. The fraction of sp³-hybridized carbons (Fsp3) is 0.300. The monoisotopic (exact) mass is 194 g/mol. The molecular weight excluding hydrogens is 183 g/mol. The minimum atomic E-state index is -1.22. The van der Waals surface area contributed by atoms with Gasteiger partial charge in [0.2, 0.25) is 0 Å². The Kier molecular flexibility index (Phi) is 3.57. The Labute approximate surface area is 81.8 Å². The number of aliphatic hydroxyl groups is 1. The van der Waals surface area contributed by atoms with Gasteiger partial charge in [0, 0.05) is 0 Å². The van der Waals surface area contributed by atoms with Crippen LogP contribution in [0.5, 0.6) is 0 Å². The first-order valence-electron chi connectivity index (χ1n) is 4.18. The standard InChI is InChI=1S/C10H11FN2O/c1-13-10(14)9(12)6-7-3-2-4-8(11)5-7/h2-5,9-10,14H,6,12H2. The predicted molar refractivity (Wildman–Crippen MR) is 50.7 cm³/mol. The van der Waals surface area contributed by atoms with E-state index in [1.165, 1.54) is 12.1 Å². The van der Waals surface area contributed by atoms with Crippen molar-refractivity contribution in [3.8, 4) is 0 Å². The molecule has 1 aromatic carbocycles. The van der Waals surface area contributed by atoms with Crippen molar-refractivity contribution in [1.82, 2.24) is 0 Å². The molecule has 0 heterocycles. The topological polar surface area (TPSA) is 50.6 Å². The zero-order valence-corrected chi connectivity index (χ0v) is 7.52. The Hall–Kier alpha value is -1.44. The molecule has 0 radical (unpaired) electrons. The molecule has 3 nitrogen and oxygen atoms in total. The lowest BCUT2D eigenvalue weighted by Crippen LogP contribution is -2.34. The molecule has 3 N–H and O–H groups in total. The third-order valence-electron chi connectivity index (χ3n) is 1.88. The molecule has 74 valence electrons. The van der Waals surface area contributed by atoms with Crippen LogP contribution in [-0.4, -0.2) is 17.4 Å². The minimum Gasteiger partial charge on any atom is -0.325 e. The van der Waals surface area contributed by atoms with E-state index < -0.39 is 12.3 Å². The third-order valence-corrected chi connectivity index (χ3v) is 1.88. The Bertz CT molecular complexity index is 348. The number of hydrogen-bond donors (Lipinski definition) is 2. The smallest absolute Gasteiger partial charge is 0.325 e. The van der Waals surface area contributed by atoms with Crippen LogP contribution in [0.25, 0.3) is 4.85 Å². The van der Waals surface area contributed by atoms with Gasteiger partial charge in [-0.2, -0.15) is 0 Å². The first-order chi connectivity index (χ1) is 6.63. The summed E-state index contributed by atoms with van der Waals surface area (Å²) in [5.74, 6) is -0.341. The van der Waals surface area contributed by atoms with E-state index in [-0.39, 0.29) is 5.82 Å². The molecule has 0 aliphatic carbocycles. The molecule has 1 aromatic rings. The summed E-state index contributed by atoms with van der Waals surface area (Å²) < 4.78 is 12.7. The molecule has 0 bridgehead atoms. The second kappa shape index (κ2) is 4.70. The van der Waals surface area contributed by atoms with Crippen molar-refractivity contribution in [3.05, 3.63) is 47.1 Å². The molecule has 0 aliphatic heterocycles. The molecule has 0 saturated heterocycles. The van der Waals surface area contributed by atoms with Crippen LogP contribution in [0.3, 0.4) is 0 Å². The molecule has 0 saturated carbocycles. The minimum absolute atomic E-state index is 0.293. The van der Waals surface area contributed by atoms with Crippen molar-refractivity contribution in [2.24, 2.45) is 5.73 Å². The van der Waals surface area contributed by atoms with Crippen molar-refractivity contribution >= 4 is 0 Å². The highest BCUT2D eigenvalue weighted by atomic mass is 19.1. The number of nitrogens with two attached hydrogens (primary N) is 1. The van der Waals surface area contributed by atoms with Crippen LogP contribution >= 0.6 is 0 Å². The summed E-state index contributed by atoms with van der Waals surface area (Å²) in [5.41, 5.74) is 6.20. The molecule has 1 rings (SSSR count). The lowest BCUT2D eigenvalue weighted by Gasteiger charge is -2.08. The second-order valence-electron chi connectivity index (χ2n) is 3.04. The average Bonchev–Trinajstić information content (AvgIpc) is 2.16. The van der Waals surface area contributed by atoms with Crippen LogP contribution in [-0.2, 0) is 6.42 Å². The van der Waals surface area contributed by atoms with Crippen LogP contribution in [0.15, 0.2) is 24.3 Å². The maximum Gasteiger partial charge on any atom is 0.340 e. The number of nitrogens with zero attached hydrogens (tertiary/aromatic N) is 1. The summed E-state index contributed by atoms with van der Waals surface area (Å²) in [4.78, 5) is 2.89. The maximum absolute atomic E-state index is 12.7. The predicted octanol–water partition coefficient (Wildman–Crippen LogP) is 0.933. The summed E-state index contributed by atoms with van der Waals surface area (Å²) >= 11 is 0. The molecular formula is C10H11FN2O. The zero-order chi connectivity index (χ0) is 10.6. The fourth-order valence-corrected chi connectivity index (χ4v) is 1.14. The third kappa shape index (κ3) is 2.80. The van der Waals surface area contributed by atoms with Crippen molar-refractivity contribution < 1.29 is 9.50 Å². The molecule has 0 aromatic heterocycles. The molecule has 14 heavy (non-hydrogen) atoms. The molecule has 0 spiro atoms. The largest absolute Gasteiger partial charge is 0.340 e. The van der Waals surface area contributed by atoms with E-state index in [0.717, 1.165) is 0 Å². The SMILES string of the molecule is [C-]#[N+]C(O)C(N)Cc1cccc(F)c1. The fourth-order valence-electron chi connectivity index (χ4n) is 1.14. The number of halogens is 1. The lowest BCUT2D eigenvalue weighted by molar-refractivity contribution is 0.188. The summed E-state index contributed by atoms with van der Waals surface area (Å²) in [7, 11) is 0. The Morgan fingerprint density at radius 1 is 1.57 bits per heavy atom. The van der Waals surface area contributed by atoms with E-state index in [1.54, 1.807) is 12.1 Å². The lowest BCUT2D eigenvalue weighted by atomic mass is 10.1. The van der Waals surface area contributed by atoms with Gasteiger partial charge in [0.05, 0.1) is 0 Å². The van der Waals surface area contributed by atoms with Crippen LogP contribution in [0.2, 0.25) is 0 Å². The van der Waals surface area contributed by atoms with E-state index in [9.17, 15) is 4.39 Å². The van der Waals surface area contributed by atoms with Crippen molar-refractivity contribution in [2.45, 2.75) is 18.7 Å². The molecule has 2 atom stereocenters. The maximum atomic E-state index is 12.7. The Balaban J connectivity index is 2.65. The van der Waals surface area contributed by atoms with E-state index in [4.69, 9.17) is 17.4 Å². The highest BCUT2D eigenvalue weighted by molar-refractivity contribution is 5.17. The Morgan fingerprint density at radius 3 is 2.86 bits per heavy atom. The van der Waals surface area contributed by atoms with Crippen molar-refractivity contribution in [1.29, 1.82) is 0 Å². The van der Waals surface area contributed by atoms with E-state index in [2.05, 4.69) is 4.85 Å². The van der Waals surface area contributed by atoms with Gasteiger partial charge in [-0.1, -0.05) is 12.1 Å². The second-order valence-corrected chi connectivity index (χ2v) is 3.04. The number of benzene rings is 1.